The molecule has 0 amide bonds. The Bertz CT molecular complexity index is 1350. The summed E-state index contributed by atoms with van der Waals surface area (Å²) in [6.45, 7) is 14.0. The van der Waals surface area contributed by atoms with Gasteiger partial charge >= 0.3 is 5.97 Å². The van der Waals surface area contributed by atoms with Gasteiger partial charge in [-0.25, -0.2) is 0 Å². The normalized spacial score (nSPS) is 58.1. The fourth-order valence-corrected chi connectivity index (χ4v) is 14.1. The third-order valence-corrected chi connectivity index (χ3v) is 16.4. The Morgan fingerprint density at radius 1 is 0.854 bits per heavy atom. The lowest BCUT2D eigenvalue weighted by atomic mass is 9.41. The van der Waals surface area contributed by atoms with E-state index in [1.165, 1.54) is 6.92 Å². The molecule has 5 saturated carbocycles. The van der Waals surface area contributed by atoms with Gasteiger partial charge in [0.05, 0.1) is 31.0 Å². The first-order valence-corrected chi connectivity index (χ1v) is 18.5. The van der Waals surface area contributed by atoms with Crippen LogP contribution in [0.15, 0.2) is 0 Å². The lowest BCUT2D eigenvalue weighted by molar-refractivity contribution is -0.317. The maximum Gasteiger partial charge on any atom is 0.303 e. The molecule has 5 N–H and O–H groups in total. The van der Waals surface area contributed by atoms with Crippen molar-refractivity contribution in [2.45, 2.75) is 166 Å². The molecule has 0 aromatic heterocycles. The van der Waals surface area contributed by atoms with E-state index in [2.05, 4.69) is 27.7 Å². The Morgan fingerprint density at radius 3 is 2.21 bits per heavy atom. The number of esters is 1. The fourth-order valence-electron chi connectivity index (χ4n) is 14.1. The predicted octanol–water partition coefficient (Wildman–Crippen LogP) is 2.81. The van der Waals surface area contributed by atoms with E-state index in [0.717, 1.165) is 44.9 Å². The first kappa shape index (κ1) is 34.2. The van der Waals surface area contributed by atoms with Crippen molar-refractivity contribution >= 4 is 5.97 Å². The molecule has 8 rings (SSSR count). The molecule has 11 heteroatoms. The van der Waals surface area contributed by atoms with E-state index < -0.39 is 70.6 Å². The van der Waals surface area contributed by atoms with Crippen molar-refractivity contribution in [3.63, 3.8) is 0 Å². The van der Waals surface area contributed by atoms with Gasteiger partial charge in [0, 0.05) is 30.1 Å². The van der Waals surface area contributed by atoms with Crippen LogP contribution in [0.3, 0.4) is 0 Å². The van der Waals surface area contributed by atoms with Gasteiger partial charge in [-0.05, 0) is 100 Å². The molecular weight excluding hydrogens is 620 g/mol. The average molecular weight is 679 g/mol. The Morgan fingerprint density at radius 2 is 1.52 bits per heavy atom. The second-order valence-electron chi connectivity index (χ2n) is 18.9. The van der Waals surface area contributed by atoms with Crippen LogP contribution in [-0.4, -0.2) is 105 Å². The minimum Gasteiger partial charge on any atom is -0.459 e. The van der Waals surface area contributed by atoms with E-state index in [1.54, 1.807) is 13.8 Å². The molecule has 8 fully saturated rings. The zero-order chi connectivity index (χ0) is 34.7. The summed E-state index contributed by atoms with van der Waals surface area (Å²) >= 11 is 0. The first-order valence-electron chi connectivity index (χ1n) is 18.5. The lowest BCUT2D eigenvalue weighted by Crippen LogP contribution is -2.63. The van der Waals surface area contributed by atoms with Gasteiger partial charge in [0.15, 0.2) is 12.1 Å². The van der Waals surface area contributed by atoms with Crippen LogP contribution in [0.25, 0.3) is 0 Å². The molecule has 0 unspecified atom stereocenters. The van der Waals surface area contributed by atoms with Gasteiger partial charge in [0.1, 0.15) is 30.0 Å². The number of hydrogen-bond donors (Lipinski definition) is 5. The lowest BCUT2D eigenvalue weighted by Gasteiger charge is -2.64. The zero-order valence-electron chi connectivity index (χ0n) is 29.7. The standard InChI is InChI=1S/C37H58O11/c1-19(38)46-26-27-32(6)12-15-37(48-32,31(4,5)43)45-18-36(27)14-13-35-17-34(35)11-10-23(47-29-25(41)24(40)20(39)16-44-29)30(2,3)21(34)8-9-22(35)33(36,7)28(26)42/h20-29,39-43H,8-18H2,1-7H3/t20-,21+,22+,23+,24+,25-,26-,27-,28-,29+,32+,33-,34-,35+,36+,37-/m1/s1. The average Bonchev–Trinajstić information content (AvgIpc) is 3.50. The number of aliphatic hydroxyl groups excluding tert-OH is 4. The number of fused-ring (bicyclic) bond motifs is 4. The van der Waals surface area contributed by atoms with Crippen molar-refractivity contribution in [2.24, 2.45) is 44.8 Å². The van der Waals surface area contributed by atoms with Gasteiger partial charge in [0.25, 0.3) is 0 Å². The van der Waals surface area contributed by atoms with E-state index in [-0.39, 0.29) is 40.8 Å². The molecule has 3 aliphatic heterocycles. The van der Waals surface area contributed by atoms with Crippen LogP contribution >= 0.6 is 0 Å². The summed E-state index contributed by atoms with van der Waals surface area (Å²) in [6, 6.07) is 0. The smallest absolute Gasteiger partial charge is 0.303 e. The summed E-state index contributed by atoms with van der Waals surface area (Å²) in [5.41, 5.74) is -3.27. The maximum absolute atomic E-state index is 12.7. The molecule has 8 aliphatic rings. The molecule has 3 spiro atoms. The number of rotatable bonds is 4. The molecule has 272 valence electrons. The quantitative estimate of drug-likeness (QED) is 0.219. The van der Waals surface area contributed by atoms with Crippen molar-refractivity contribution < 1.29 is 54.0 Å². The van der Waals surface area contributed by atoms with Crippen LogP contribution in [-0.2, 0) is 28.5 Å². The van der Waals surface area contributed by atoms with Gasteiger partial charge in [-0.15, -0.1) is 0 Å². The number of carbonyl (C=O) groups excluding carboxylic acids is 1. The van der Waals surface area contributed by atoms with Crippen molar-refractivity contribution in [2.75, 3.05) is 13.2 Å². The molecular formula is C37H58O11. The predicted molar refractivity (Wildman–Crippen MR) is 170 cm³/mol. The van der Waals surface area contributed by atoms with E-state index >= 15 is 0 Å². The molecule has 0 aromatic rings. The summed E-state index contributed by atoms with van der Waals surface area (Å²) in [6.07, 6.45) is 1.09. The number of ether oxygens (including phenoxy) is 5. The van der Waals surface area contributed by atoms with Crippen molar-refractivity contribution in [3.05, 3.63) is 0 Å². The van der Waals surface area contributed by atoms with Gasteiger partial charge < -0.3 is 49.2 Å². The van der Waals surface area contributed by atoms with E-state index in [4.69, 9.17) is 23.7 Å². The molecule has 3 heterocycles. The summed E-state index contributed by atoms with van der Waals surface area (Å²) < 4.78 is 31.9. The molecule has 5 aliphatic carbocycles. The zero-order valence-corrected chi connectivity index (χ0v) is 29.7. The molecule has 11 nitrogen and oxygen atoms in total. The number of aliphatic hydroxyl groups is 5. The number of hydrogen-bond acceptors (Lipinski definition) is 11. The SMILES string of the molecule is CC(=O)O[C@H]1[C@@H](O)[C@@]2(C)[C@@H]3CC[C@H]4C(C)(C)[C@@H](O[C@@H]5OC[C@@H](O)[C@H](O)[C@H]5O)CC[C@@]45C[C@@]35CC[C@@]23CO[C@]2(C(C)(C)O)CC[C@](C)(O2)[C@@H]13. The third-order valence-electron chi connectivity index (χ3n) is 16.4. The van der Waals surface area contributed by atoms with Crippen molar-refractivity contribution in [1.82, 2.24) is 0 Å². The van der Waals surface area contributed by atoms with Crippen LogP contribution in [0.2, 0.25) is 0 Å². The van der Waals surface area contributed by atoms with Crippen LogP contribution < -0.4 is 0 Å². The van der Waals surface area contributed by atoms with E-state index in [0.29, 0.717) is 25.4 Å². The van der Waals surface area contributed by atoms with Crippen LogP contribution in [0.4, 0.5) is 0 Å². The Balaban J connectivity index is 1.13. The van der Waals surface area contributed by atoms with E-state index in [1.807, 2.05) is 0 Å². The van der Waals surface area contributed by atoms with Gasteiger partial charge in [-0.3, -0.25) is 4.79 Å². The second kappa shape index (κ2) is 10.2. The monoisotopic (exact) mass is 678 g/mol. The summed E-state index contributed by atoms with van der Waals surface area (Å²) in [4.78, 5) is 12.7. The Kier molecular flexibility index (Phi) is 7.24. The fraction of sp³-hybridized carbons (Fsp3) is 0.973. The minimum absolute atomic E-state index is 0.0248. The van der Waals surface area contributed by atoms with Crippen LogP contribution in [0.5, 0.6) is 0 Å². The molecule has 3 saturated heterocycles. The molecule has 0 radical (unpaired) electrons. The first-order chi connectivity index (χ1) is 22.3. The van der Waals surface area contributed by atoms with Crippen LogP contribution in [0, 0.1) is 44.8 Å². The molecule has 2 bridgehead atoms. The topological polar surface area (TPSA) is 164 Å². The number of carbonyl (C=O) groups is 1. The largest absolute Gasteiger partial charge is 0.459 e. The van der Waals surface area contributed by atoms with Gasteiger partial charge in [0.2, 0.25) is 0 Å². The van der Waals surface area contributed by atoms with Crippen molar-refractivity contribution in [3.8, 4) is 0 Å². The highest BCUT2D eigenvalue weighted by atomic mass is 16.7. The minimum atomic E-state index is -1.32. The maximum atomic E-state index is 12.7. The third kappa shape index (κ3) is 3.95. The molecule has 16 atom stereocenters. The summed E-state index contributed by atoms with van der Waals surface area (Å²) in [7, 11) is 0. The summed E-state index contributed by atoms with van der Waals surface area (Å²) in [5, 5.41) is 54.9. The molecule has 48 heavy (non-hydrogen) atoms. The van der Waals surface area contributed by atoms with Gasteiger partial charge in [-0.2, -0.15) is 0 Å². The van der Waals surface area contributed by atoms with Gasteiger partial charge in [-0.1, -0.05) is 20.8 Å². The highest BCUT2D eigenvalue weighted by Gasteiger charge is 2.87. The Labute approximate surface area is 284 Å². The Hall–Kier alpha value is -0.890. The van der Waals surface area contributed by atoms with Crippen molar-refractivity contribution in [1.29, 1.82) is 0 Å². The molecule has 0 aromatic carbocycles. The second-order valence-corrected chi connectivity index (χ2v) is 18.9. The van der Waals surface area contributed by atoms with E-state index in [9.17, 15) is 30.3 Å². The summed E-state index contributed by atoms with van der Waals surface area (Å²) in [5.74, 6) is -1.33. The van der Waals surface area contributed by atoms with Crippen LogP contribution in [0.1, 0.15) is 106 Å². The highest BCUT2D eigenvalue weighted by molar-refractivity contribution is 5.66. The highest BCUT2D eigenvalue weighted by Crippen LogP contribution is 2.89.